The van der Waals surface area contributed by atoms with Crippen LogP contribution in [0.25, 0.3) is 0 Å². The van der Waals surface area contributed by atoms with Gasteiger partial charge in [-0.25, -0.2) is 0 Å². The first-order valence-corrected chi connectivity index (χ1v) is 4.81. The molecule has 0 aliphatic rings. The molecule has 0 aliphatic heterocycles. The van der Waals surface area contributed by atoms with Crippen LogP contribution >= 0.6 is 12.8 Å². The van der Waals surface area contributed by atoms with Crippen LogP contribution in [0, 0.1) is 11.3 Å². The summed E-state index contributed by atoms with van der Waals surface area (Å²) in [5, 5.41) is 37.6. The molecule has 0 aromatic rings. The summed E-state index contributed by atoms with van der Waals surface area (Å²) in [5.74, 6) is -7.51. The van der Waals surface area contributed by atoms with Crippen molar-refractivity contribution in [2.75, 3.05) is 6.54 Å². The van der Waals surface area contributed by atoms with E-state index in [0.29, 0.717) is 4.31 Å². The predicted octanol–water partition coefficient (Wildman–Crippen LogP) is -16.1. The number of nitrogens with one attached hydrogen (secondary N) is 1. The fourth-order valence-electron chi connectivity index (χ4n) is 0.870. The first kappa shape index (κ1) is 34.5. The number of rotatable bonds is 7. The minimum Gasteiger partial charge on any atom is -0.862 e. The minimum atomic E-state index is -2.00. The molecule has 0 radical (unpaired) electrons. The average molecular weight is 353 g/mol. The van der Waals surface area contributed by atoms with E-state index in [0.717, 1.165) is 0 Å². The van der Waals surface area contributed by atoms with Crippen LogP contribution in [0.3, 0.4) is 0 Å². The van der Waals surface area contributed by atoms with Gasteiger partial charge in [0.1, 0.15) is 0 Å². The Morgan fingerprint density at radius 3 is 1.62 bits per heavy atom. The van der Waals surface area contributed by atoms with E-state index in [-0.39, 0.29) is 131 Å². The number of hydrogen-bond donors (Lipinski definition) is 2. The molecule has 8 nitrogen and oxygen atoms in total. The third kappa shape index (κ3) is 16.9. The van der Waals surface area contributed by atoms with E-state index >= 15 is 0 Å². The van der Waals surface area contributed by atoms with Crippen molar-refractivity contribution >= 4 is 36.6 Å². The van der Waals surface area contributed by atoms with Gasteiger partial charge in [0.2, 0.25) is 5.91 Å². The molecule has 0 heterocycles. The molecule has 1 amide bonds. The number of carbonyl (C=O) groups excluding carboxylic acids is 3. The zero-order valence-electron chi connectivity index (χ0n) is 12.5. The number of thiol groups is 1. The van der Waals surface area contributed by atoms with Crippen LogP contribution in [-0.2, 0) is 14.4 Å². The molecule has 96 valence electrons. The number of carbonyl (C=O) groups is 3. The number of amides is 1. The smallest absolute Gasteiger partial charge is 0.862 e. The van der Waals surface area contributed by atoms with E-state index in [1.165, 1.54) is 0 Å². The van der Waals surface area contributed by atoms with Crippen molar-refractivity contribution in [3.63, 3.8) is 0 Å². The molecule has 0 aromatic heterocycles. The zero-order chi connectivity index (χ0) is 13.6. The van der Waals surface area contributed by atoms with Crippen LogP contribution < -0.4 is 134 Å². The first-order chi connectivity index (χ1) is 7.75. The van der Waals surface area contributed by atoms with Crippen LogP contribution in [-0.4, -0.2) is 34.6 Å². The fourth-order valence-corrected chi connectivity index (χ4v) is 1.13. The van der Waals surface area contributed by atoms with Crippen molar-refractivity contribution < 1.29 is 148 Å². The molecule has 13 heteroatoms. The van der Waals surface area contributed by atoms with Gasteiger partial charge in [0.25, 0.3) is 0 Å². The molecule has 0 atom stereocenters. The van der Waals surface area contributed by atoms with Gasteiger partial charge in [-0.15, -0.1) is 0 Å². The minimum absolute atomic E-state index is 0. The number of nitrogens with zero attached hydrogens (tertiary/aromatic N) is 1. The first-order valence-electron chi connectivity index (χ1n) is 4.41. The van der Waals surface area contributed by atoms with E-state index in [4.69, 9.17) is 5.41 Å². The molecule has 21 heavy (non-hydrogen) atoms. The Labute approximate surface area is 216 Å². The zero-order valence-corrected chi connectivity index (χ0v) is 21.4. The molecule has 0 aromatic carbocycles. The molecular formula is C8H9N2Na4O6S+. The second-order valence-electron chi connectivity index (χ2n) is 3.09. The van der Waals surface area contributed by atoms with Gasteiger partial charge >= 0.3 is 118 Å². The van der Waals surface area contributed by atoms with Crippen LogP contribution in [0.5, 0.6) is 0 Å². The summed E-state index contributed by atoms with van der Waals surface area (Å²) in [4.78, 5) is 32.0. The number of carboxylic acids is 2. The van der Waals surface area contributed by atoms with Crippen molar-refractivity contribution in [3.05, 3.63) is 0 Å². The fraction of sp³-hybridized carbons (Fsp3) is 0.500. The molecule has 0 unspecified atom stereocenters. The Morgan fingerprint density at radius 1 is 0.952 bits per heavy atom. The standard InChI is InChI=1S/C8H12N2O6S.4Na/c9-5(11)1-2-6(12)10(17)3-4(7(13)14)8(15)16;;;;/h4,17H,1-3H2,(H2,9,11)(H,13,14)(H,15,16);;;;/q;4*+1/p-3. The normalized spacial score (nSPS) is 8.10. The third-order valence-corrected chi connectivity index (χ3v) is 2.16. The van der Waals surface area contributed by atoms with Gasteiger partial charge in [0.05, 0.1) is 17.9 Å². The van der Waals surface area contributed by atoms with Gasteiger partial charge < -0.3 is 30.3 Å². The monoisotopic (exact) mass is 353 g/mol. The predicted molar refractivity (Wildman–Crippen MR) is 51.2 cm³/mol. The number of carboxylic acid groups (broad SMARTS) is 2. The van der Waals surface area contributed by atoms with Crippen molar-refractivity contribution in [2.24, 2.45) is 5.92 Å². The van der Waals surface area contributed by atoms with E-state index in [1.54, 1.807) is 0 Å². The van der Waals surface area contributed by atoms with Gasteiger partial charge in [-0.05, 0) is 12.3 Å². The molecule has 0 saturated heterocycles. The SMILES string of the molecule is N=C([O-])CCC(=O)N(S)CC(C(=O)[O-])C(=O)[O-].[Na+].[Na+].[Na+].[Na+]. The Balaban J connectivity index is -0.000000213. The van der Waals surface area contributed by atoms with Crippen LogP contribution in [0.4, 0.5) is 0 Å². The van der Waals surface area contributed by atoms with Crippen LogP contribution in [0.15, 0.2) is 0 Å². The molecule has 0 rings (SSSR count). The maximum absolute atomic E-state index is 11.2. The molecule has 0 spiro atoms. The van der Waals surface area contributed by atoms with Gasteiger partial charge in [-0.3, -0.25) is 9.10 Å². The number of aliphatic carboxylic acids is 2. The van der Waals surface area contributed by atoms with Gasteiger partial charge in [-0.1, -0.05) is 12.8 Å². The molecule has 0 fully saturated rings. The van der Waals surface area contributed by atoms with E-state index in [2.05, 4.69) is 12.8 Å². The molecule has 0 bridgehead atoms. The molecular weight excluding hydrogens is 344 g/mol. The third-order valence-electron chi connectivity index (χ3n) is 1.78. The van der Waals surface area contributed by atoms with E-state index in [9.17, 15) is 29.7 Å². The maximum Gasteiger partial charge on any atom is 1.00 e. The average Bonchev–Trinajstić information content (AvgIpc) is 2.20. The topological polar surface area (TPSA) is 147 Å². The molecule has 0 saturated carbocycles. The summed E-state index contributed by atoms with van der Waals surface area (Å²) in [6.07, 6.45) is -0.699. The Morgan fingerprint density at radius 2 is 1.33 bits per heavy atom. The van der Waals surface area contributed by atoms with Crippen LogP contribution in [0.1, 0.15) is 12.8 Å². The molecule has 0 aliphatic carbocycles. The summed E-state index contributed by atoms with van der Waals surface area (Å²) < 4.78 is 0.541. The van der Waals surface area contributed by atoms with Gasteiger partial charge in [0, 0.05) is 13.0 Å². The van der Waals surface area contributed by atoms with E-state index in [1.807, 2.05) is 0 Å². The van der Waals surface area contributed by atoms with Crippen molar-refractivity contribution in [1.82, 2.24) is 4.31 Å². The van der Waals surface area contributed by atoms with Crippen LogP contribution in [0.2, 0.25) is 0 Å². The number of hydrogen-bond acceptors (Lipinski definition) is 8. The second-order valence-corrected chi connectivity index (χ2v) is 3.57. The van der Waals surface area contributed by atoms with Crippen molar-refractivity contribution in [3.8, 4) is 0 Å². The largest absolute Gasteiger partial charge is 1.00 e. The Kier molecular flexibility index (Phi) is 30.5. The maximum atomic E-state index is 11.2. The molecule has 1 N–H and O–H groups in total. The Bertz CT molecular complexity index is 346. The summed E-state index contributed by atoms with van der Waals surface area (Å²) in [5.41, 5.74) is 0. The second kappa shape index (κ2) is 18.6. The van der Waals surface area contributed by atoms with Crippen molar-refractivity contribution in [2.45, 2.75) is 12.8 Å². The Hall–Kier alpha value is 2.23. The summed E-state index contributed by atoms with van der Waals surface area (Å²) in [7, 11) is 0. The summed E-state index contributed by atoms with van der Waals surface area (Å²) >= 11 is 3.58. The quantitative estimate of drug-likeness (QED) is 0.153. The summed E-state index contributed by atoms with van der Waals surface area (Å²) in [6.45, 7) is -0.737. The van der Waals surface area contributed by atoms with Gasteiger partial charge in [0.15, 0.2) is 0 Å². The summed E-state index contributed by atoms with van der Waals surface area (Å²) in [6, 6.07) is 0. The van der Waals surface area contributed by atoms with E-state index < -0.39 is 36.2 Å². The van der Waals surface area contributed by atoms with Gasteiger partial charge in [-0.2, -0.15) is 0 Å². The van der Waals surface area contributed by atoms with Crippen molar-refractivity contribution in [1.29, 1.82) is 5.41 Å².